The van der Waals surface area contributed by atoms with Crippen molar-refractivity contribution in [2.45, 2.75) is 4.90 Å². The molecule has 3 N–H and O–H groups in total. The number of likely N-dealkylation sites (N-methyl/N-ethyl adjacent to an activating group) is 1. The molecule has 0 saturated heterocycles. The molecule has 0 aliphatic carbocycles. The first-order valence-electron chi connectivity index (χ1n) is 7.41. The summed E-state index contributed by atoms with van der Waals surface area (Å²) in [6, 6.07) is 9.79. The maximum Gasteiger partial charge on any atom is 0.273 e. The van der Waals surface area contributed by atoms with Crippen molar-refractivity contribution in [1.29, 1.82) is 0 Å². The van der Waals surface area contributed by atoms with Crippen LogP contribution >= 0.6 is 27.5 Å². The number of hydrogen-bond acceptors (Lipinski definition) is 5. The minimum atomic E-state index is -3.87. The van der Waals surface area contributed by atoms with Crippen molar-refractivity contribution in [3.63, 3.8) is 0 Å². The van der Waals surface area contributed by atoms with Crippen molar-refractivity contribution in [3.05, 3.63) is 57.5 Å². The first-order valence-corrected chi connectivity index (χ1v) is 10.0. The van der Waals surface area contributed by atoms with Gasteiger partial charge in [0.1, 0.15) is 5.75 Å². The van der Waals surface area contributed by atoms with Gasteiger partial charge in [0, 0.05) is 16.5 Å². The van der Waals surface area contributed by atoms with Crippen molar-refractivity contribution >= 4 is 49.4 Å². The van der Waals surface area contributed by atoms with E-state index < -0.39 is 28.4 Å². The van der Waals surface area contributed by atoms with E-state index in [0.717, 1.165) is 4.31 Å². The van der Waals surface area contributed by atoms with Crippen LogP contribution in [0, 0.1) is 0 Å². The molecular formula is C16H15BrClN3O5S. The molecule has 0 aliphatic heterocycles. The lowest BCUT2D eigenvalue weighted by atomic mass is 10.2. The molecule has 0 aromatic heterocycles. The number of aromatic hydroxyl groups is 1. The summed E-state index contributed by atoms with van der Waals surface area (Å²) in [5.41, 5.74) is 4.03. The van der Waals surface area contributed by atoms with E-state index in [2.05, 4.69) is 26.8 Å². The summed E-state index contributed by atoms with van der Waals surface area (Å²) in [5.74, 6) is -1.89. The molecule has 0 atom stereocenters. The Morgan fingerprint density at radius 2 is 1.78 bits per heavy atom. The molecule has 0 spiro atoms. The van der Waals surface area contributed by atoms with Crippen LogP contribution in [0.25, 0.3) is 0 Å². The molecule has 0 fully saturated rings. The highest BCUT2D eigenvalue weighted by molar-refractivity contribution is 9.10. The zero-order valence-corrected chi connectivity index (χ0v) is 17.1. The minimum absolute atomic E-state index is 0.0221. The number of carbonyl (C=O) groups excluding carboxylic acids is 2. The van der Waals surface area contributed by atoms with E-state index in [1.165, 1.54) is 37.4 Å². The lowest BCUT2D eigenvalue weighted by Gasteiger charge is -2.17. The van der Waals surface area contributed by atoms with Gasteiger partial charge in [0.2, 0.25) is 10.0 Å². The van der Waals surface area contributed by atoms with Gasteiger partial charge in [-0.2, -0.15) is 4.31 Å². The van der Waals surface area contributed by atoms with E-state index in [9.17, 15) is 23.1 Å². The van der Waals surface area contributed by atoms with Gasteiger partial charge < -0.3 is 5.11 Å². The number of nitrogens with zero attached hydrogens (tertiary/aromatic N) is 1. The molecule has 11 heteroatoms. The van der Waals surface area contributed by atoms with Gasteiger partial charge in [-0.05, 0) is 42.5 Å². The number of phenols is 1. The first-order chi connectivity index (χ1) is 12.6. The number of phenolic OH excluding ortho intramolecular Hbond substituents is 1. The van der Waals surface area contributed by atoms with Gasteiger partial charge in [-0.15, -0.1) is 0 Å². The van der Waals surface area contributed by atoms with E-state index in [-0.39, 0.29) is 21.2 Å². The number of benzene rings is 2. The van der Waals surface area contributed by atoms with Crippen LogP contribution < -0.4 is 10.9 Å². The summed E-state index contributed by atoms with van der Waals surface area (Å²) in [7, 11) is -2.63. The zero-order valence-electron chi connectivity index (χ0n) is 13.9. The van der Waals surface area contributed by atoms with Crippen molar-refractivity contribution in [1.82, 2.24) is 15.2 Å². The van der Waals surface area contributed by atoms with Gasteiger partial charge in [0.25, 0.3) is 11.8 Å². The van der Waals surface area contributed by atoms with Crippen LogP contribution in [-0.4, -0.2) is 43.2 Å². The van der Waals surface area contributed by atoms with Crippen LogP contribution in [0.3, 0.4) is 0 Å². The van der Waals surface area contributed by atoms with Crippen LogP contribution in [0.1, 0.15) is 10.4 Å². The molecule has 2 rings (SSSR count). The average molecular weight is 477 g/mol. The van der Waals surface area contributed by atoms with Crippen molar-refractivity contribution in [2.24, 2.45) is 0 Å². The molecule has 2 amide bonds. The summed E-state index contributed by atoms with van der Waals surface area (Å²) >= 11 is 8.97. The van der Waals surface area contributed by atoms with Crippen LogP contribution in [0.15, 0.2) is 51.8 Å². The van der Waals surface area contributed by atoms with E-state index in [4.69, 9.17) is 11.6 Å². The number of halogens is 2. The maximum absolute atomic E-state index is 12.4. The summed E-state index contributed by atoms with van der Waals surface area (Å²) in [5, 5.41) is 9.87. The Hall–Kier alpha value is -2.14. The van der Waals surface area contributed by atoms with E-state index in [0.29, 0.717) is 4.47 Å². The second-order valence-corrected chi connectivity index (χ2v) is 8.78. The van der Waals surface area contributed by atoms with E-state index >= 15 is 0 Å². The standard InChI is InChI=1S/C16H15BrClN3O5S/c1-21(27(25,26)12-5-2-10(17)3-6-12)9-15(23)19-20-16(24)13-8-11(18)4-7-14(13)22/h2-8,22H,9H2,1H3,(H,19,23)(H,20,24). The first kappa shape index (κ1) is 21.2. The molecule has 8 nitrogen and oxygen atoms in total. The number of hydrogen-bond donors (Lipinski definition) is 3. The van der Waals surface area contributed by atoms with Crippen LogP contribution in [-0.2, 0) is 14.8 Å². The molecule has 0 bridgehead atoms. The molecule has 144 valence electrons. The monoisotopic (exact) mass is 475 g/mol. The molecule has 2 aromatic rings. The number of rotatable bonds is 5. The van der Waals surface area contributed by atoms with Crippen LogP contribution in [0.4, 0.5) is 0 Å². The number of hydrazine groups is 1. The Balaban J connectivity index is 1.97. The van der Waals surface area contributed by atoms with Gasteiger partial charge in [-0.3, -0.25) is 20.4 Å². The summed E-state index contributed by atoms with van der Waals surface area (Å²) in [4.78, 5) is 23.9. The predicted molar refractivity (Wildman–Crippen MR) is 103 cm³/mol. The van der Waals surface area contributed by atoms with Crippen molar-refractivity contribution < 1.29 is 23.1 Å². The highest BCUT2D eigenvalue weighted by atomic mass is 79.9. The lowest BCUT2D eigenvalue weighted by Crippen LogP contribution is -2.46. The third-order valence-corrected chi connectivity index (χ3v) is 5.99. The smallest absolute Gasteiger partial charge is 0.273 e. The Morgan fingerprint density at radius 1 is 1.15 bits per heavy atom. The fraction of sp³-hybridized carbons (Fsp3) is 0.125. The highest BCUT2D eigenvalue weighted by Gasteiger charge is 2.23. The lowest BCUT2D eigenvalue weighted by molar-refractivity contribution is -0.121. The Kier molecular flexibility index (Phi) is 6.82. The maximum atomic E-state index is 12.4. The molecule has 0 saturated carbocycles. The average Bonchev–Trinajstić information content (AvgIpc) is 2.62. The minimum Gasteiger partial charge on any atom is -0.507 e. The zero-order chi connectivity index (χ0) is 20.2. The predicted octanol–water partition coefficient (Wildman–Crippen LogP) is 1.89. The highest BCUT2D eigenvalue weighted by Crippen LogP contribution is 2.21. The number of carbonyl (C=O) groups is 2. The number of amides is 2. The van der Waals surface area contributed by atoms with Crippen LogP contribution in [0.2, 0.25) is 5.02 Å². The molecular weight excluding hydrogens is 462 g/mol. The van der Waals surface area contributed by atoms with Crippen molar-refractivity contribution in [3.8, 4) is 5.75 Å². The third-order valence-electron chi connectivity index (χ3n) is 3.41. The quantitative estimate of drug-likeness (QED) is 0.570. The molecule has 27 heavy (non-hydrogen) atoms. The van der Waals surface area contributed by atoms with Gasteiger partial charge >= 0.3 is 0 Å². The van der Waals surface area contributed by atoms with Crippen LogP contribution in [0.5, 0.6) is 5.75 Å². The van der Waals surface area contributed by atoms with Gasteiger partial charge in [0.05, 0.1) is 17.0 Å². The van der Waals surface area contributed by atoms with E-state index in [1.807, 2.05) is 0 Å². The van der Waals surface area contributed by atoms with Crippen molar-refractivity contribution in [2.75, 3.05) is 13.6 Å². The largest absolute Gasteiger partial charge is 0.507 e. The molecule has 0 aliphatic rings. The number of sulfonamides is 1. The summed E-state index contributed by atoms with van der Waals surface area (Å²) in [6.07, 6.45) is 0. The molecule has 0 unspecified atom stereocenters. The normalized spacial score (nSPS) is 11.3. The Bertz CT molecular complexity index is 967. The van der Waals surface area contributed by atoms with E-state index in [1.54, 1.807) is 12.1 Å². The topological polar surface area (TPSA) is 116 Å². The third kappa shape index (κ3) is 5.42. The second kappa shape index (κ2) is 8.70. The Morgan fingerprint density at radius 3 is 2.41 bits per heavy atom. The molecule has 2 aromatic carbocycles. The molecule has 0 heterocycles. The fourth-order valence-electron chi connectivity index (χ4n) is 2.00. The molecule has 0 radical (unpaired) electrons. The summed E-state index contributed by atoms with van der Waals surface area (Å²) in [6.45, 7) is -0.528. The van der Waals surface area contributed by atoms with Gasteiger partial charge in [-0.25, -0.2) is 8.42 Å². The van der Waals surface area contributed by atoms with Gasteiger partial charge in [0.15, 0.2) is 0 Å². The Labute approximate surface area is 169 Å². The van der Waals surface area contributed by atoms with Gasteiger partial charge in [-0.1, -0.05) is 27.5 Å². The second-order valence-electron chi connectivity index (χ2n) is 5.38. The summed E-state index contributed by atoms with van der Waals surface area (Å²) < 4.78 is 26.4. The fourth-order valence-corrected chi connectivity index (χ4v) is 3.56. The number of nitrogens with one attached hydrogen (secondary N) is 2. The SMILES string of the molecule is CN(CC(=O)NNC(=O)c1cc(Cl)ccc1O)S(=O)(=O)c1ccc(Br)cc1.